The highest BCUT2D eigenvalue weighted by atomic mass is 32.2. The number of primary sulfonamides is 1. The molecule has 0 bridgehead atoms. The zero-order chi connectivity index (χ0) is 12.5. The van der Waals surface area contributed by atoms with Crippen molar-refractivity contribution in [3.63, 3.8) is 0 Å². The first-order valence-corrected chi connectivity index (χ1v) is 6.56. The van der Waals surface area contributed by atoms with Gasteiger partial charge in [0.25, 0.3) is 6.01 Å². The topological polar surface area (TPSA) is 124 Å². The molecular formula is C9H12N4O3S. The van der Waals surface area contributed by atoms with E-state index < -0.39 is 10.0 Å². The Morgan fingerprint density at radius 3 is 2.88 bits per heavy atom. The molecule has 0 spiro atoms. The highest BCUT2D eigenvalue weighted by molar-refractivity contribution is 7.89. The molecule has 0 fully saturated rings. The van der Waals surface area contributed by atoms with Crippen molar-refractivity contribution in [2.75, 3.05) is 23.3 Å². The van der Waals surface area contributed by atoms with Gasteiger partial charge in [0.15, 0.2) is 5.58 Å². The van der Waals surface area contributed by atoms with Crippen LogP contribution in [0.25, 0.3) is 11.1 Å². The standard InChI is InChI=1S/C9H12N4O3S/c10-6-1-2-8-7(5-6)13-9(16-8)12-3-4-17(11,14)15/h1-2,5H,3-4,10H2,(H,12,13)(H2,11,14,15). The molecule has 5 N–H and O–H groups in total. The molecule has 1 aromatic heterocycles. The molecule has 2 aromatic rings. The molecule has 1 heterocycles. The molecule has 0 aliphatic heterocycles. The number of hydrogen-bond donors (Lipinski definition) is 3. The third kappa shape index (κ3) is 3.08. The fourth-order valence-corrected chi connectivity index (χ4v) is 1.71. The molecule has 0 aliphatic carbocycles. The molecule has 92 valence electrons. The maximum absolute atomic E-state index is 10.7. The van der Waals surface area contributed by atoms with E-state index in [1.807, 2.05) is 0 Å². The minimum absolute atomic E-state index is 0.140. The van der Waals surface area contributed by atoms with Crippen LogP contribution in [0, 0.1) is 0 Å². The van der Waals surface area contributed by atoms with Gasteiger partial charge in [-0.25, -0.2) is 13.6 Å². The lowest BCUT2D eigenvalue weighted by molar-refractivity contribution is 0.596. The summed E-state index contributed by atoms with van der Waals surface area (Å²) in [5.41, 5.74) is 7.37. The second-order valence-corrected chi connectivity index (χ2v) is 5.27. The lowest BCUT2D eigenvalue weighted by Crippen LogP contribution is -2.22. The molecule has 7 nitrogen and oxygen atoms in total. The fraction of sp³-hybridized carbons (Fsp3) is 0.222. The van der Waals surface area contributed by atoms with Crippen molar-refractivity contribution >= 4 is 32.8 Å². The summed E-state index contributed by atoms with van der Waals surface area (Å²) in [6, 6.07) is 5.31. The Kier molecular flexibility index (Phi) is 2.90. The maximum Gasteiger partial charge on any atom is 0.295 e. The van der Waals surface area contributed by atoms with Crippen LogP contribution in [0.1, 0.15) is 0 Å². The number of nitrogens with two attached hydrogens (primary N) is 2. The van der Waals surface area contributed by atoms with Gasteiger partial charge < -0.3 is 15.5 Å². The van der Waals surface area contributed by atoms with E-state index >= 15 is 0 Å². The molecule has 0 radical (unpaired) electrons. The van der Waals surface area contributed by atoms with E-state index in [0.717, 1.165) is 0 Å². The first-order valence-electron chi connectivity index (χ1n) is 4.84. The molecule has 0 unspecified atom stereocenters. The van der Waals surface area contributed by atoms with Gasteiger partial charge in [0.1, 0.15) is 5.52 Å². The molecule has 17 heavy (non-hydrogen) atoms. The van der Waals surface area contributed by atoms with Gasteiger partial charge in [-0.3, -0.25) is 0 Å². The number of fused-ring (bicyclic) bond motifs is 1. The zero-order valence-corrected chi connectivity index (χ0v) is 9.70. The van der Waals surface area contributed by atoms with Crippen LogP contribution in [0.2, 0.25) is 0 Å². The van der Waals surface area contributed by atoms with Crippen molar-refractivity contribution in [3.8, 4) is 0 Å². The molecule has 1 aromatic carbocycles. The maximum atomic E-state index is 10.7. The van der Waals surface area contributed by atoms with Crippen molar-refractivity contribution in [2.24, 2.45) is 5.14 Å². The minimum Gasteiger partial charge on any atom is -0.424 e. The lowest BCUT2D eigenvalue weighted by Gasteiger charge is -1.98. The molecular weight excluding hydrogens is 244 g/mol. The SMILES string of the molecule is Nc1ccc2oc(NCCS(N)(=O)=O)nc2c1. The van der Waals surface area contributed by atoms with Crippen molar-refractivity contribution in [1.29, 1.82) is 0 Å². The molecule has 0 saturated heterocycles. The first kappa shape index (κ1) is 11.7. The Morgan fingerprint density at radius 1 is 1.41 bits per heavy atom. The molecule has 8 heteroatoms. The second-order valence-electron chi connectivity index (χ2n) is 3.54. The fourth-order valence-electron chi connectivity index (χ4n) is 1.32. The summed E-state index contributed by atoms with van der Waals surface area (Å²) in [5.74, 6) is -0.187. The molecule has 2 rings (SSSR count). The van der Waals surface area contributed by atoms with Crippen molar-refractivity contribution in [1.82, 2.24) is 4.98 Å². The Labute approximate surface area is 97.8 Å². The summed E-state index contributed by atoms with van der Waals surface area (Å²) >= 11 is 0. The monoisotopic (exact) mass is 256 g/mol. The molecule has 0 atom stereocenters. The number of oxazole rings is 1. The number of rotatable bonds is 4. The number of nitrogen functional groups attached to an aromatic ring is 1. The summed E-state index contributed by atoms with van der Waals surface area (Å²) < 4.78 is 26.7. The van der Waals surface area contributed by atoms with E-state index in [4.69, 9.17) is 15.3 Å². The van der Waals surface area contributed by atoms with Gasteiger partial charge in [-0.1, -0.05) is 0 Å². The normalized spacial score (nSPS) is 11.8. The quantitative estimate of drug-likeness (QED) is 0.667. The van der Waals surface area contributed by atoms with Crippen LogP contribution in [-0.2, 0) is 10.0 Å². The third-order valence-electron chi connectivity index (χ3n) is 2.07. The van der Waals surface area contributed by atoms with Crippen LogP contribution in [0.15, 0.2) is 22.6 Å². The summed E-state index contributed by atoms with van der Waals surface area (Å²) in [6.07, 6.45) is 0. The van der Waals surface area contributed by atoms with Gasteiger partial charge in [0.2, 0.25) is 10.0 Å². The van der Waals surface area contributed by atoms with E-state index in [9.17, 15) is 8.42 Å². The van der Waals surface area contributed by atoms with E-state index in [-0.39, 0.29) is 18.3 Å². The second kappa shape index (κ2) is 4.22. The number of benzene rings is 1. The lowest BCUT2D eigenvalue weighted by atomic mass is 10.3. The minimum atomic E-state index is -3.48. The van der Waals surface area contributed by atoms with Gasteiger partial charge in [-0.05, 0) is 18.2 Å². The van der Waals surface area contributed by atoms with Crippen molar-refractivity contribution in [2.45, 2.75) is 0 Å². The number of hydrogen-bond acceptors (Lipinski definition) is 6. The predicted molar refractivity (Wildman–Crippen MR) is 64.9 cm³/mol. The van der Waals surface area contributed by atoms with Crippen LogP contribution < -0.4 is 16.2 Å². The Balaban J connectivity index is 2.09. The Hall–Kier alpha value is -1.80. The molecule has 0 amide bonds. The van der Waals surface area contributed by atoms with Crippen LogP contribution >= 0.6 is 0 Å². The van der Waals surface area contributed by atoms with Crippen molar-refractivity contribution < 1.29 is 12.8 Å². The van der Waals surface area contributed by atoms with Crippen LogP contribution in [0.5, 0.6) is 0 Å². The molecule has 0 saturated carbocycles. The van der Waals surface area contributed by atoms with Gasteiger partial charge in [-0.2, -0.15) is 4.98 Å². The number of nitrogens with one attached hydrogen (secondary N) is 1. The highest BCUT2D eigenvalue weighted by Gasteiger charge is 2.07. The Morgan fingerprint density at radius 2 is 2.18 bits per heavy atom. The van der Waals surface area contributed by atoms with Gasteiger partial charge in [-0.15, -0.1) is 0 Å². The largest absolute Gasteiger partial charge is 0.424 e. The summed E-state index contributed by atoms with van der Waals surface area (Å²) in [4.78, 5) is 4.10. The van der Waals surface area contributed by atoms with E-state index in [2.05, 4.69) is 10.3 Å². The van der Waals surface area contributed by atoms with Gasteiger partial charge in [0.05, 0.1) is 5.75 Å². The number of sulfonamides is 1. The van der Waals surface area contributed by atoms with Gasteiger partial charge in [0, 0.05) is 12.2 Å². The predicted octanol–water partition coefficient (Wildman–Crippen LogP) is 0.110. The summed E-state index contributed by atoms with van der Waals surface area (Å²) in [7, 11) is -3.48. The Bertz CT molecular complexity index is 635. The average Bonchev–Trinajstić information content (AvgIpc) is 2.57. The average molecular weight is 256 g/mol. The number of nitrogens with zero attached hydrogens (tertiary/aromatic N) is 1. The van der Waals surface area contributed by atoms with Gasteiger partial charge >= 0.3 is 0 Å². The van der Waals surface area contributed by atoms with E-state index in [0.29, 0.717) is 16.8 Å². The van der Waals surface area contributed by atoms with Crippen molar-refractivity contribution in [3.05, 3.63) is 18.2 Å². The zero-order valence-electron chi connectivity index (χ0n) is 8.88. The summed E-state index contributed by atoms with van der Waals surface area (Å²) in [6.45, 7) is 0.140. The smallest absolute Gasteiger partial charge is 0.295 e. The van der Waals surface area contributed by atoms with E-state index in [1.165, 1.54) is 0 Å². The molecule has 0 aliphatic rings. The highest BCUT2D eigenvalue weighted by Crippen LogP contribution is 2.20. The number of anilines is 2. The van der Waals surface area contributed by atoms with Crippen LogP contribution in [-0.4, -0.2) is 25.7 Å². The van der Waals surface area contributed by atoms with Crippen LogP contribution in [0.3, 0.4) is 0 Å². The van der Waals surface area contributed by atoms with E-state index in [1.54, 1.807) is 18.2 Å². The first-order chi connectivity index (χ1) is 7.94. The van der Waals surface area contributed by atoms with Crippen LogP contribution in [0.4, 0.5) is 11.7 Å². The summed E-state index contributed by atoms with van der Waals surface area (Å²) in [5, 5.41) is 7.59. The third-order valence-corrected chi connectivity index (χ3v) is 2.85. The number of aromatic nitrogens is 1.